The van der Waals surface area contributed by atoms with Crippen LogP contribution >= 0.6 is 0 Å². The Morgan fingerprint density at radius 1 is 0.391 bits per heavy atom. The Hall–Kier alpha value is 0. The summed E-state index contributed by atoms with van der Waals surface area (Å²) >= 11 is 0. The smallest absolute Gasteiger partial charge is 0.0303 e. The third-order valence-electron chi connectivity index (χ3n) is 6.12. The van der Waals surface area contributed by atoms with Crippen molar-refractivity contribution in [2.75, 3.05) is 0 Å². The van der Waals surface area contributed by atoms with Crippen LogP contribution in [0.2, 0.25) is 0 Å². The molecule has 0 saturated carbocycles. The van der Waals surface area contributed by atoms with Crippen LogP contribution in [0, 0.1) is 5.41 Å². The molecule has 0 aliphatic rings. The van der Waals surface area contributed by atoms with Crippen LogP contribution in [0.25, 0.3) is 0 Å². The van der Waals surface area contributed by atoms with Crippen LogP contribution in [0.4, 0.5) is 0 Å². The molecule has 0 aromatic rings. The quantitative estimate of drug-likeness (QED) is 0.220. The molecule has 0 amide bonds. The van der Waals surface area contributed by atoms with Gasteiger partial charge in [-0.1, -0.05) is 130 Å². The molecule has 0 N–H and O–H groups in total. The van der Waals surface area contributed by atoms with Gasteiger partial charge in [-0.3, -0.25) is 0 Å². The van der Waals surface area contributed by atoms with E-state index in [2.05, 4.69) is 27.7 Å². The first-order valence-corrected chi connectivity index (χ1v) is 11.2. The molecule has 0 nitrogen and oxygen atoms in total. The molecule has 0 heteroatoms. The fourth-order valence-electron chi connectivity index (χ4n) is 4.00. The van der Waals surface area contributed by atoms with E-state index >= 15 is 0 Å². The molecule has 0 fully saturated rings. The maximum atomic E-state index is 2.44. The van der Waals surface area contributed by atoms with Crippen molar-refractivity contribution in [2.45, 2.75) is 143 Å². The third kappa shape index (κ3) is 13.0. The van der Waals surface area contributed by atoms with Crippen LogP contribution < -0.4 is 0 Å². The van der Waals surface area contributed by atoms with Crippen molar-refractivity contribution < 1.29 is 0 Å². The summed E-state index contributed by atoms with van der Waals surface area (Å²) in [6, 6.07) is 0. The zero-order valence-electron chi connectivity index (χ0n) is 17.2. The zero-order valence-corrected chi connectivity index (χ0v) is 17.2. The molecule has 0 rings (SSSR count). The summed E-state index contributed by atoms with van der Waals surface area (Å²) in [7, 11) is 0. The predicted molar refractivity (Wildman–Crippen MR) is 108 cm³/mol. The lowest BCUT2D eigenvalue weighted by Gasteiger charge is -2.32. The van der Waals surface area contributed by atoms with Crippen molar-refractivity contribution in [1.82, 2.24) is 0 Å². The van der Waals surface area contributed by atoms with Gasteiger partial charge < -0.3 is 0 Å². The van der Waals surface area contributed by atoms with Gasteiger partial charge in [-0.2, -0.15) is 0 Å². The average Bonchev–Trinajstić information content (AvgIpc) is 2.58. The molecular weight excluding hydrogens is 276 g/mol. The van der Waals surface area contributed by atoms with E-state index < -0.39 is 0 Å². The highest BCUT2D eigenvalue weighted by atomic mass is 14.3. The summed E-state index contributed by atoms with van der Waals surface area (Å²) in [6.07, 6.45) is 26.1. The van der Waals surface area contributed by atoms with Gasteiger partial charge in [0, 0.05) is 0 Å². The van der Waals surface area contributed by atoms with Crippen molar-refractivity contribution in [3.05, 3.63) is 0 Å². The minimum absolute atomic E-state index is 0.673. The first-order chi connectivity index (χ1) is 11.2. The molecule has 0 unspecified atom stereocenters. The van der Waals surface area contributed by atoms with E-state index in [0.717, 1.165) is 0 Å². The highest BCUT2D eigenvalue weighted by Gasteiger charge is 2.24. The minimum Gasteiger partial charge on any atom is -0.0654 e. The van der Waals surface area contributed by atoms with Gasteiger partial charge in [0.25, 0.3) is 0 Å². The lowest BCUT2D eigenvalue weighted by Crippen LogP contribution is -2.18. The molecule has 0 aromatic carbocycles. The molecule has 23 heavy (non-hydrogen) atoms. The van der Waals surface area contributed by atoms with Crippen molar-refractivity contribution in [2.24, 2.45) is 5.41 Å². The Kier molecular flexibility index (Phi) is 16.8. The Morgan fingerprint density at radius 3 is 1.00 bits per heavy atom. The van der Waals surface area contributed by atoms with Gasteiger partial charge in [0.15, 0.2) is 0 Å². The molecule has 0 radical (unpaired) electrons. The second kappa shape index (κ2) is 16.8. The van der Waals surface area contributed by atoms with Gasteiger partial charge >= 0.3 is 0 Å². The fourth-order valence-corrected chi connectivity index (χ4v) is 4.00. The molecular formula is C23H48. The Labute approximate surface area is 149 Å². The Balaban J connectivity index is 3.74. The number of hydrogen-bond donors (Lipinski definition) is 0. The van der Waals surface area contributed by atoms with Crippen molar-refractivity contribution in [3.63, 3.8) is 0 Å². The normalized spacial score (nSPS) is 12.0. The highest BCUT2D eigenvalue weighted by Crippen LogP contribution is 2.38. The highest BCUT2D eigenvalue weighted by molar-refractivity contribution is 4.76. The minimum atomic E-state index is 0.673. The summed E-state index contributed by atoms with van der Waals surface area (Å²) in [5.41, 5.74) is 0.673. The van der Waals surface area contributed by atoms with Gasteiger partial charge in [0.05, 0.1) is 0 Å². The van der Waals surface area contributed by atoms with Crippen LogP contribution in [0.1, 0.15) is 143 Å². The van der Waals surface area contributed by atoms with Gasteiger partial charge in [-0.15, -0.1) is 0 Å². The lowest BCUT2D eigenvalue weighted by molar-refractivity contribution is 0.202. The molecule has 140 valence electrons. The number of hydrogen-bond acceptors (Lipinski definition) is 0. The third-order valence-corrected chi connectivity index (χ3v) is 6.12. The molecule has 0 aliphatic heterocycles. The molecule has 0 spiro atoms. The molecule has 0 saturated heterocycles. The molecule has 0 bridgehead atoms. The van der Waals surface area contributed by atoms with Gasteiger partial charge in [-0.25, -0.2) is 0 Å². The maximum absolute atomic E-state index is 2.44. The van der Waals surface area contributed by atoms with Gasteiger partial charge in [0.2, 0.25) is 0 Å². The fraction of sp³-hybridized carbons (Fsp3) is 1.00. The standard InChI is InChI=1S/C23H48/c1-5-9-11-13-15-17-19-21-23(7-3,8-4)22-20-18-16-14-12-10-6-2/h5-22H2,1-4H3. The summed E-state index contributed by atoms with van der Waals surface area (Å²) in [6.45, 7) is 9.49. The first-order valence-electron chi connectivity index (χ1n) is 11.2. The van der Waals surface area contributed by atoms with E-state index in [-0.39, 0.29) is 0 Å². The molecule has 0 aliphatic carbocycles. The first kappa shape index (κ1) is 23.0. The van der Waals surface area contributed by atoms with Crippen molar-refractivity contribution in [3.8, 4) is 0 Å². The SMILES string of the molecule is CCCCCCCCCC(CC)(CC)CCCCCCCCC. The van der Waals surface area contributed by atoms with E-state index in [1.54, 1.807) is 0 Å². The maximum Gasteiger partial charge on any atom is -0.0303 e. The molecule has 0 aromatic heterocycles. The van der Waals surface area contributed by atoms with Gasteiger partial charge in [-0.05, 0) is 18.3 Å². The van der Waals surface area contributed by atoms with E-state index in [4.69, 9.17) is 0 Å². The summed E-state index contributed by atoms with van der Waals surface area (Å²) in [5, 5.41) is 0. The van der Waals surface area contributed by atoms with E-state index in [1.807, 2.05) is 0 Å². The summed E-state index contributed by atoms with van der Waals surface area (Å²) in [5.74, 6) is 0. The van der Waals surface area contributed by atoms with Crippen molar-refractivity contribution in [1.29, 1.82) is 0 Å². The largest absolute Gasteiger partial charge is 0.0654 e. The van der Waals surface area contributed by atoms with E-state index in [9.17, 15) is 0 Å². The van der Waals surface area contributed by atoms with E-state index in [1.165, 1.54) is 116 Å². The Morgan fingerprint density at radius 2 is 0.696 bits per heavy atom. The van der Waals surface area contributed by atoms with Crippen LogP contribution in [0.15, 0.2) is 0 Å². The van der Waals surface area contributed by atoms with Crippen molar-refractivity contribution >= 4 is 0 Å². The number of unbranched alkanes of at least 4 members (excludes halogenated alkanes) is 12. The van der Waals surface area contributed by atoms with Crippen LogP contribution in [0.3, 0.4) is 0 Å². The number of rotatable bonds is 18. The van der Waals surface area contributed by atoms with E-state index in [0.29, 0.717) is 5.41 Å². The molecule has 0 heterocycles. The van der Waals surface area contributed by atoms with Crippen LogP contribution in [-0.2, 0) is 0 Å². The van der Waals surface area contributed by atoms with Crippen LogP contribution in [0.5, 0.6) is 0 Å². The average molecular weight is 325 g/mol. The van der Waals surface area contributed by atoms with Gasteiger partial charge in [0.1, 0.15) is 0 Å². The summed E-state index contributed by atoms with van der Waals surface area (Å²) < 4.78 is 0. The second-order valence-electron chi connectivity index (χ2n) is 7.95. The molecule has 0 atom stereocenters. The Bertz CT molecular complexity index is 194. The van der Waals surface area contributed by atoms with Crippen LogP contribution in [-0.4, -0.2) is 0 Å². The lowest BCUT2D eigenvalue weighted by atomic mass is 9.74. The topological polar surface area (TPSA) is 0 Å². The summed E-state index contributed by atoms with van der Waals surface area (Å²) in [4.78, 5) is 0. The predicted octanol–water partition coefficient (Wildman–Crippen LogP) is 9.07. The zero-order chi connectivity index (χ0) is 17.2. The second-order valence-corrected chi connectivity index (χ2v) is 7.95. The monoisotopic (exact) mass is 324 g/mol.